The van der Waals surface area contributed by atoms with Crippen molar-refractivity contribution >= 4 is 17.5 Å². The van der Waals surface area contributed by atoms with Gasteiger partial charge in [0.1, 0.15) is 5.75 Å². The highest BCUT2D eigenvalue weighted by atomic mass is 16.5. The number of carbonyl (C=O) groups is 1. The van der Waals surface area contributed by atoms with Gasteiger partial charge in [-0.25, -0.2) is 0 Å². The molecule has 0 saturated carbocycles. The summed E-state index contributed by atoms with van der Waals surface area (Å²) in [6.07, 6.45) is 8.24. The number of amides is 1. The molecule has 1 fully saturated rings. The quantitative estimate of drug-likeness (QED) is 0.557. The van der Waals surface area contributed by atoms with Crippen LogP contribution in [0.1, 0.15) is 70.3 Å². The fourth-order valence-corrected chi connectivity index (χ4v) is 4.46. The van der Waals surface area contributed by atoms with Gasteiger partial charge in [-0.15, -0.1) is 0 Å². The maximum atomic E-state index is 12.3. The topological polar surface area (TPSA) is 114 Å². The number of allylic oxidation sites excluding steroid dienone is 2. The van der Waals surface area contributed by atoms with E-state index in [9.17, 15) is 4.79 Å². The number of aliphatic hydroxyl groups excluding tert-OH is 1. The van der Waals surface area contributed by atoms with E-state index in [1.54, 1.807) is 13.1 Å². The molecule has 2 atom stereocenters. The third kappa shape index (κ3) is 6.60. The Kier molecular flexibility index (Phi) is 8.38. The van der Waals surface area contributed by atoms with E-state index >= 15 is 0 Å². The lowest BCUT2D eigenvalue weighted by Gasteiger charge is -2.30. The first-order valence-electron chi connectivity index (χ1n) is 12.7. The third-order valence-corrected chi connectivity index (χ3v) is 6.83. The summed E-state index contributed by atoms with van der Waals surface area (Å²) in [7, 11) is 0. The molecule has 9 nitrogen and oxygen atoms in total. The second kappa shape index (κ2) is 11.7. The summed E-state index contributed by atoms with van der Waals surface area (Å²) in [6.45, 7) is 8.32. The Labute approximate surface area is 207 Å². The number of piperidine rings is 1. The van der Waals surface area contributed by atoms with Crippen LogP contribution in [0.5, 0.6) is 5.75 Å². The predicted molar refractivity (Wildman–Crippen MR) is 133 cm³/mol. The van der Waals surface area contributed by atoms with Crippen LogP contribution in [0.4, 0.5) is 6.01 Å². The van der Waals surface area contributed by atoms with Gasteiger partial charge in [0, 0.05) is 31.0 Å². The van der Waals surface area contributed by atoms with Crippen LogP contribution in [-0.4, -0.2) is 58.5 Å². The number of nitrogens with zero attached hydrogens (tertiary/aromatic N) is 4. The Bertz CT molecular complexity index is 995. The van der Waals surface area contributed by atoms with Crippen LogP contribution in [-0.2, 0) is 4.79 Å². The van der Waals surface area contributed by atoms with Gasteiger partial charge in [0.05, 0.1) is 25.1 Å². The van der Waals surface area contributed by atoms with Gasteiger partial charge in [0.15, 0.2) is 5.82 Å². The first kappa shape index (κ1) is 25.2. The molecule has 0 bridgehead atoms. The molecule has 190 valence electrons. The standard InChI is InChI=1S/C26H37N5O4/c1-17(2)24-29-26(35-30-24)31-12-10-19(11-13-31)16-34-22-8-9-23(27-14-22)20-4-6-21(7-5-20)25(33)28-18(3)15-32/h4,8-9,14,17-19,21,32H,5-7,10-13,15-16H2,1-3H3,(H,28,33). The van der Waals surface area contributed by atoms with E-state index in [2.05, 4.69) is 45.3 Å². The fraction of sp³-hybridized carbons (Fsp3) is 0.615. The van der Waals surface area contributed by atoms with E-state index in [-0.39, 0.29) is 30.4 Å². The van der Waals surface area contributed by atoms with Crippen LogP contribution < -0.4 is 15.0 Å². The van der Waals surface area contributed by atoms with Gasteiger partial charge in [-0.05, 0) is 62.7 Å². The van der Waals surface area contributed by atoms with Gasteiger partial charge in [0.25, 0.3) is 0 Å². The van der Waals surface area contributed by atoms with Crippen LogP contribution in [0.25, 0.3) is 5.57 Å². The third-order valence-electron chi connectivity index (χ3n) is 6.83. The van der Waals surface area contributed by atoms with Crippen LogP contribution >= 0.6 is 0 Å². The van der Waals surface area contributed by atoms with E-state index in [4.69, 9.17) is 14.4 Å². The van der Waals surface area contributed by atoms with Gasteiger partial charge in [-0.1, -0.05) is 25.1 Å². The van der Waals surface area contributed by atoms with Crippen LogP contribution in [0.2, 0.25) is 0 Å². The monoisotopic (exact) mass is 483 g/mol. The lowest BCUT2D eigenvalue weighted by Crippen LogP contribution is -2.39. The SMILES string of the molecule is CC(CO)NC(=O)C1CC=C(c2ccc(OCC3CCN(c4nc(C(C)C)no4)CC3)cn2)CC1. The van der Waals surface area contributed by atoms with Crippen molar-refractivity contribution < 1.29 is 19.2 Å². The number of anilines is 1. The number of hydrogen-bond donors (Lipinski definition) is 2. The number of rotatable bonds is 9. The molecule has 0 radical (unpaired) electrons. The Hall–Kier alpha value is -2.94. The molecular formula is C26H37N5O4. The minimum absolute atomic E-state index is 0.0155. The van der Waals surface area contributed by atoms with Crippen LogP contribution in [0.3, 0.4) is 0 Å². The van der Waals surface area contributed by atoms with Crippen LogP contribution in [0.15, 0.2) is 28.9 Å². The Balaban J connectivity index is 1.21. The number of pyridine rings is 1. The molecule has 4 rings (SSSR count). The molecule has 2 aromatic heterocycles. The summed E-state index contributed by atoms with van der Waals surface area (Å²) in [5.41, 5.74) is 2.11. The number of aliphatic hydroxyl groups is 1. The molecule has 2 unspecified atom stereocenters. The maximum Gasteiger partial charge on any atom is 0.324 e. The molecular weight excluding hydrogens is 446 g/mol. The summed E-state index contributed by atoms with van der Waals surface area (Å²) in [5, 5.41) is 16.0. The molecule has 2 aliphatic rings. The highest BCUT2D eigenvalue weighted by Gasteiger charge is 2.25. The van der Waals surface area contributed by atoms with Crippen molar-refractivity contribution in [2.75, 3.05) is 31.2 Å². The van der Waals surface area contributed by atoms with Gasteiger partial charge in [-0.2, -0.15) is 4.98 Å². The molecule has 2 N–H and O–H groups in total. The average Bonchev–Trinajstić information content (AvgIpc) is 3.39. The molecule has 0 spiro atoms. The maximum absolute atomic E-state index is 12.3. The minimum atomic E-state index is -0.210. The van der Waals surface area contributed by atoms with Crippen molar-refractivity contribution in [1.82, 2.24) is 20.4 Å². The number of hydrogen-bond acceptors (Lipinski definition) is 8. The van der Waals surface area contributed by atoms with Crippen molar-refractivity contribution in [2.45, 2.75) is 64.8 Å². The smallest absolute Gasteiger partial charge is 0.324 e. The molecule has 1 aliphatic heterocycles. The van der Waals surface area contributed by atoms with E-state index in [1.165, 1.54) is 5.57 Å². The zero-order valence-electron chi connectivity index (χ0n) is 20.9. The molecule has 1 amide bonds. The Morgan fingerprint density at radius 3 is 2.66 bits per heavy atom. The zero-order chi connectivity index (χ0) is 24.8. The summed E-state index contributed by atoms with van der Waals surface area (Å²) in [5.74, 6) is 2.25. The molecule has 2 aromatic rings. The van der Waals surface area contributed by atoms with E-state index in [0.717, 1.165) is 56.0 Å². The van der Waals surface area contributed by atoms with E-state index < -0.39 is 0 Å². The lowest BCUT2D eigenvalue weighted by molar-refractivity contribution is -0.126. The average molecular weight is 484 g/mol. The number of ether oxygens (including phenoxy) is 1. The minimum Gasteiger partial charge on any atom is -0.492 e. The second-order valence-corrected chi connectivity index (χ2v) is 10.0. The highest BCUT2D eigenvalue weighted by Crippen LogP contribution is 2.30. The number of nitrogens with one attached hydrogen (secondary N) is 1. The fourth-order valence-electron chi connectivity index (χ4n) is 4.46. The summed E-state index contributed by atoms with van der Waals surface area (Å²) < 4.78 is 11.5. The van der Waals surface area contributed by atoms with Crippen molar-refractivity contribution in [1.29, 1.82) is 0 Å². The van der Waals surface area contributed by atoms with Crippen molar-refractivity contribution in [3.8, 4) is 5.75 Å². The predicted octanol–water partition coefficient (Wildman–Crippen LogP) is 3.56. The van der Waals surface area contributed by atoms with E-state index in [0.29, 0.717) is 25.0 Å². The van der Waals surface area contributed by atoms with Crippen molar-refractivity contribution in [3.63, 3.8) is 0 Å². The normalized spacial score (nSPS) is 20.0. The highest BCUT2D eigenvalue weighted by molar-refractivity contribution is 5.80. The second-order valence-electron chi connectivity index (χ2n) is 10.0. The Morgan fingerprint density at radius 1 is 1.26 bits per heavy atom. The first-order valence-corrected chi connectivity index (χ1v) is 12.7. The molecule has 9 heteroatoms. The molecule has 35 heavy (non-hydrogen) atoms. The summed E-state index contributed by atoms with van der Waals surface area (Å²) in [6, 6.07) is 4.39. The lowest BCUT2D eigenvalue weighted by atomic mass is 9.87. The molecule has 1 saturated heterocycles. The van der Waals surface area contributed by atoms with Gasteiger partial charge < -0.3 is 24.6 Å². The zero-order valence-corrected chi connectivity index (χ0v) is 20.9. The molecule has 1 aliphatic carbocycles. The van der Waals surface area contributed by atoms with E-state index in [1.807, 2.05) is 12.1 Å². The molecule has 3 heterocycles. The number of carbonyl (C=O) groups excluding carboxylic acids is 1. The van der Waals surface area contributed by atoms with Crippen molar-refractivity contribution in [2.24, 2.45) is 11.8 Å². The van der Waals surface area contributed by atoms with Gasteiger partial charge >= 0.3 is 6.01 Å². The van der Waals surface area contributed by atoms with Gasteiger partial charge in [0.2, 0.25) is 5.91 Å². The van der Waals surface area contributed by atoms with Crippen molar-refractivity contribution in [3.05, 3.63) is 35.9 Å². The molecule has 0 aromatic carbocycles. The summed E-state index contributed by atoms with van der Waals surface area (Å²) >= 11 is 0. The van der Waals surface area contributed by atoms with Gasteiger partial charge in [-0.3, -0.25) is 9.78 Å². The summed E-state index contributed by atoms with van der Waals surface area (Å²) in [4.78, 5) is 23.5. The Morgan fingerprint density at radius 2 is 2.06 bits per heavy atom. The van der Waals surface area contributed by atoms with Crippen LogP contribution in [0, 0.1) is 11.8 Å². The first-order chi connectivity index (χ1) is 16.9. The largest absolute Gasteiger partial charge is 0.492 e. The number of aromatic nitrogens is 3.